The van der Waals surface area contributed by atoms with E-state index in [2.05, 4.69) is 9.62 Å². The molecular weight excluding hydrogens is 327 g/mol. The van der Waals surface area contributed by atoms with Crippen LogP contribution < -0.4 is 4.72 Å². The van der Waals surface area contributed by atoms with Gasteiger partial charge >= 0.3 is 0 Å². The van der Waals surface area contributed by atoms with Crippen molar-refractivity contribution in [2.75, 3.05) is 19.6 Å². The van der Waals surface area contributed by atoms with E-state index in [1.807, 2.05) is 0 Å². The molecule has 6 heteroatoms. The molecule has 2 fully saturated rings. The Morgan fingerprint density at radius 1 is 1.17 bits per heavy atom. The lowest BCUT2D eigenvalue weighted by atomic mass is 9.96. The molecule has 4 nitrogen and oxygen atoms in total. The van der Waals surface area contributed by atoms with E-state index in [4.69, 9.17) is 0 Å². The van der Waals surface area contributed by atoms with Crippen LogP contribution in [0.2, 0.25) is 0 Å². The van der Waals surface area contributed by atoms with Gasteiger partial charge in [0.25, 0.3) is 0 Å². The lowest BCUT2D eigenvalue weighted by Crippen LogP contribution is -2.42. The second-order valence-electron chi connectivity index (χ2n) is 7.18. The highest BCUT2D eigenvalue weighted by Gasteiger charge is 2.28. The zero-order valence-corrected chi connectivity index (χ0v) is 15.1. The Labute approximate surface area is 144 Å². The lowest BCUT2D eigenvalue weighted by Gasteiger charge is -2.36. The molecule has 1 saturated heterocycles. The summed E-state index contributed by atoms with van der Waals surface area (Å²) in [4.78, 5) is 2.63. The van der Waals surface area contributed by atoms with Crippen molar-refractivity contribution in [2.45, 2.75) is 56.4 Å². The number of nitrogens with one attached hydrogen (secondary N) is 1. The van der Waals surface area contributed by atoms with Crippen molar-refractivity contribution in [1.29, 1.82) is 0 Å². The number of piperidine rings is 1. The summed E-state index contributed by atoms with van der Waals surface area (Å²) in [6, 6.07) is 4.63. The first-order valence-corrected chi connectivity index (χ1v) is 10.4. The van der Waals surface area contributed by atoms with Crippen LogP contribution in [0, 0.1) is 18.7 Å². The molecule has 1 aliphatic heterocycles. The summed E-state index contributed by atoms with van der Waals surface area (Å²) in [5.74, 6) is -0.155. The fourth-order valence-corrected chi connectivity index (χ4v) is 5.33. The van der Waals surface area contributed by atoms with Crippen LogP contribution in [0.5, 0.6) is 0 Å². The zero-order valence-electron chi connectivity index (χ0n) is 14.3. The van der Waals surface area contributed by atoms with Crippen LogP contribution in [0.4, 0.5) is 4.39 Å². The topological polar surface area (TPSA) is 49.4 Å². The second-order valence-corrected chi connectivity index (χ2v) is 8.91. The average molecular weight is 354 g/mol. The van der Waals surface area contributed by atoms with E-state index >= 15 is 0 Å². The van der Waals surface area contributed by atoms with Gasteiger partial charge in [-0.05, 0) is 69.3 Å². The molecule has 0 radical (unpaired) electrons. The van der Waals surface area contributed by atoms with Gasteiger partial charge in [0.2, 0.25) is 10.0 Å². The van der Waals surface area contributed by atoms with Crippen LogP contribution in [0.1, 0.15) is 44.1 Å². The molecule has 1 aliphatic carbocycles. The minimum atomic E-state index is -3.65. The fourth-order valence-electron chi connectivity index (χ4n) is 3.96. The Morgan fingerprint density at radius 3 is 2.50 bits per heavy atom. The van der Waals surface area contributed by atoms with E-state index < -0.39 is 15.8 Å². The van der Waals surface area contributed by atoms with Crippen LogP contribution in [0.15, 0.2) is 23.1 Å². The predicted molar refractivity (Wildman–Crippen MR) is 92.9 cm³/mol. The van der Waals surface area contributed by atoms with Gasteiger partial charge in [-0.2, -0.15) is 0 Å². The number of hydrogen-bond donors (Lipinski definition) is 1. The summed E-state index contributed by atoms with van der Waals surface area (Å²) < 4.78 is 40.9. The fraction of sp³-hybridized carbons (Fsp3) is 0.667. The molecule has 134 valence electrons. The largest absolute Gasteiger partial charge is 0.300 e. The van der Waals surface area contributed by atoms with E-state index in [9.17, 15) is 12.8 Å². The summed E-state index contributed by atoms with van der Waals surface area (Å²) in [7, 11) is -3.65. The van der Waals surface area contributed by atoms with Crippen molar-refractivity contribution in [3.05, 3.63) is 29.6 Å². The van der Waals surface area contributed by atoms with Gasteiger partial charge in [-0.3, -0.25) is 0 Å². The minimum absolute atomic E-state index is 0.0471. The number of aryl methyl sites for hydroxylation is 1. The number of halogens is 1. The molecule has 0 amide bonds. The minimum Gasteiger partial charge on any atom is -0.300 e. The molecule has 1 N–H and O–H groups in total. The number of hydrogen-bond acceptors (Lipinski definition) is 3. The molecule has 1 aromatic rings. The maximum Gasteiger partial charge on any atom is 0.240 e. The number of nitrogens with zero attached hydrogens (tertiary/aromatic N) is 1. The summed E-state index contributed by atoms with van der Waals surface area (Å²) in [6.45, 7) is 4.26. The first kappa shape index (κ1) is 17.8. The van der Waals surface area contributed by atoms with E-state index in [-0.39, 0.29) is 4.90 Å². The van der Waals surface area contributed by atoms with Gasteiger partial charge in [0.05, 0.1) is 4.90 Å². The number of sulfonamides is 1. The van der Waals surface area contributed by atoms with Crippen molar-refractivity contribution in [2.24, 2.45) is 5.92 Å². The highest BCUT2D eigenvalue weighted by Crippen LogP contribution is 2.28. The normalized spacial score (nSPS) is 21.4. The third kappa shape index (κ3) is 4.16. The van der Waals surface area contributed by atoms with Crippen molar-refractivity contribution in [1.82, 2.24) is 9.62 Å². The van der Waals surface area contributed by atoms with Gasteiger partial charge in [-0.15, -0.1) is 0 Å². The third-order valence-electron chi connectivity index (χ3n) is 5.49. The van der Waals surface area contributed by atoms with Gasteiger partial charge in [0.1, 0.15) is 5.82 Å². The monoisotopic (exact) mass is 354 g/mol. The predicted octanol–water partition coefficient (Wildman–Crippen LogP) is 3.07. The second kappa shape index (κ2) is 7.50. The van der Waals surface area contributed by atoms with Crippen LogP contribution in [0.3, 0.4) is 0 Å². The van der Waals surface area contributed by atoms with Crippen molar-refractivity contribution >= 4 is 10.0 Å². The van der Waals surface area contributed by atoms with Crippen LogP contribution >= 0.6 is 0 Å². The third-order valence-corrected chi connectivity index (χ3v) is 7.06. The smallest absolute Gasteiger partial charge is 0.240 e. The van der Waals surface area contributed by atoms with E-state index in [0.717, 1.165) is 38.0 Å². The van der Waals surface area contributed by atoms with Gasteiger partial charge in [-0.25, -0.2) is 17.5 Å². The van der Waals surface area contributed by atoms with Crippen LogP contribution in [-0.2, 0) is 10.0 Å². The summed E-state index contributed by atoms with van der Waals surface area (Å²) >= 11 is 0. The summed E-state index contributed by atoms with van der Waals surface area (Å²) in [6.07, 6.45) is 7.38. The average Bonchev–Trinajstić information content (AvgIpc) is 3.10. The molecule has 2 aliphatic rings. The molecule has 24 heavy (non-hydrogen) atoms. The highest BCUT2D eigenvalue weighted by atomic mass is 32.2. The molecular formula is C18H27FN2O2S. The van der Waals surface area contributed by atoms with E-state index in [1.54, 1.807) is 6.92 Å². The van der Waals surface area contributed by atoms with Crippen molar-refractivity contribution in [3.8, 4) is 0 Å². The van der Waals surface area contributed by atoms with E-state index in [0.29, 0.717) is 18.0 Å². The summed E-state index contributed by atoms with van der Waals surface area (Å²) in [5.41, 5.74) is 0.569. The van der Waals surface area contributed by atoms with Gasteiger partial charge < -0.3 is 4.90 Å². The first-order chi connectivity index (χ1) is 11.5. The Bertz CT molecular complexity index is 664. The summed E-state index contributed by atoms with van der Waals surface area (Å²) in [5, 5.41) is 0. The standard InChI is InChI=1S/C18H27FN2O2S/c1-14-6-7-16(19)12-18(14)24(22,23)20-13-15-8-10-21(11-9-15)17-4-2-3-5-17/h6-7,12,15,17,20H,2-5,8-11,13H2,1H3. The van der Waals surface area contributed by atoms with Crippen molar-refractivity contribution in [3.63, 3.8) is 0 Å². The van der Waals surface area contributed by atoms with Crippen LogP contribution in [0.25, 0.3) is 0 Å². The quantitative estimate of drug-likeness (QED) is 0.884. The molecule has 0 aromatic heterocycles. The molecule has 0 atom stereocenters. The molecule has 1 heterocycles. The SMILES string of the molecule is Cc1ccc(F)cc1S(=O)(=O)NCC1CCN(C2CCCC2)CC1. The molecule has 3 rings (SSSR count). The molecule has 1 saturated carbocycles. The molecule has 0 spiro atoms. The van der Waals surface area contributed by atoms with Crippen molar-refractivity contribution < 1.29 is 12.8 Å². The number of benzene rings is 1. The molecule has 0 bridgehead atoms. The van der Waals surface area contributed by atoms with Gasteiger partial charge in [0.15, 0.2) is 0 Å². The molecule has 0 unspecified atom stereocenters. The number of likely N-dealkylation sites (tertiary alicyclic amines) is 1. The number of rotatable bonds is 5. The Morgan fingerprint density at radius 2 is 1.83 bits per heavy atom. The maximum atomic E-state index is 13.4. The van der Waals surface area contributed by atoms with Gasteiger partial charge in [-0.1, -0.05) is 18.9 Å². The Balaban J connectivity index is 1.53. The van der Waals surface area contributed by atoms with Gasteiger partial charge in [0, 0.05) is 12.6 Å². The Hall–Kier alpha value is -0.980. The van der Waals surface area contributed by atoms with Crippen LogP contribution in [-0.4, -0.2) is 39.0 Å². The maximum absolute atomic E-state index is 13.4. The zero-order chi connectivity index (χ0) is 17.2. The highest BCUT2D eigenvalue weighted by molar-refractivity contribution is 7.89. The Kier molecular flexibility index (Phi) is 5.57. The first-order valence-electron chi connectivity index (χ1n) is 8.95. The lowest BCUT2D eigenvalue weighted by molar-refractivity contribution is 0.135. The van der Waals surface area contributed by atoms with E-state index in [1.165, 1.54) is 37.8 Å². The molecule has 1 aromatic carbocycles.